The second-order valence-corrected chi connectivity index (χ2v) is 3.28. The molecule has 0 radical (unpaired) electrons. The molecule has 0 aromatic carbocycles. The predicted octanol–water partition coefficient (Wildman–Crippen LogP) is 0.101. The molecule has 1 N–H and O–H groups in total. The number of fused-ring (bicyclic) bond motifs is 1. The minimum Gasteiger partial charge on any atom is -0.468 e. The number of carbonyl (C=O) groups excluding carboxylic acids is 1. The molecule has 2 aliphatic heterocycles. The van der Waals surface area contributed by atoms with Crippen molar-refractivity contribution in [3.05, 3.63) is 0 Å². The topological polar surface area (TPSA) is 47.6 Å². The van der Waals surface area contributed by atoms with E-state index in [1.54, 1.807) is 0 Å². The summed E-state index contributed by atoms with van der Waals surface area (Å²) in [6.07, 6.45) is 2.00. The number of ether oxygens (including phenoxy) is 2. The molecule has 5 heteroatoms. The Morgan fingerprint density at radius 2 is 2.38 bits per heavy atom. The van der Waals surface area contributed by atoms with Crippen LogP contribution in [0, 0.1) is 0 Å². The van der Waals surface area contributed by atoms with Gasteiger partial charge in [0.1, 0.15) is 6.04 Å². The first-order valence-corrected chi connectivity index (χ1v) is 4.26. The highest BCUT2D eigenvalue weighted by Crippen LogP contribution is 2.25. The maximum absolute atomic E-state index is 11.1. The normalized spacial score (nSPS) is 36.5. The third-order valence-electron chi connectivity index (χ3n) is 2.58. The van der Waals surface area contributed by atoms with Crippen LogP contribution in [0.4, 0.5) is 0 Å². The van der Waals surface area contributed by atoms with Crippen LogP contribution in [0.5, 0.6) is 0 Å². The highest BCUT2D eigenvalue weighted by Gasteiger charge is 2.41. The second kappa shape index (κ2) is 4.26. The molecule has 76 valence electrons. The van der Waals surface area contributed by atoms with Gasteiger partial charge in [-0.1, -0.05) is 0 Å². The van der Waals surface area contributed by atoms with Gasteiger partial charge in [-0.2, -0.15) is 0 Å². The number of esters is 1. The zero-order valence-electron chi connectivity index (χ0n) is 7.49. The lowest BCUT2D eigenvalue weighted by Crippen LogP contribution is -2.36. The van der Waals surface area contributed by atoms with Crippen LogP contribution >= 0.6 is 12.4 Å². The molecule has 2 rings (SSSR count). The van der Waals surface area contributed by atoms with E-state index in [4.69, 9.17) is 4.74 Å². The molecule has 0 aliphatic carbocycles. The summed E-state index contributed by atoms with van der Waals surface area (Å²) in [6.45, 7) is 0.816. The van der Waals surface area contributed by atoms with Crippen molar-refractivity contribution in [2.75, 3.05) is 13.7 Å². The van der Waals surface area contributed by atoms with Crippen molar-refractivity contribution >= 4 is 18.4 Å². The molecule has 0 bridgehead atoms. The summed E-state index contributed by atoms with van der Waals surface area (Å²) in [5, 5.41) is 3.20. The Bertz CT molecular complexity index is 188. The van der Waals surface area contributed by atoms with E-state index in [-0.39, 0.29) is 30.5 Å². The molecule has 2 fully saturated rings. The standard InChI is InChI=1S/C8H13NO3.ClH/c1-11-8(10)6-4-7-5(9-6)2-3-12-7;/h5-7,9H,2-4H2,1H3;1H/t5-,6-,7-;/m0./s1. The summed E-state index contributed by atoms with van der Waals surface area (Å²) < 4.78 is 10.1. The molecule has 0 aromatic heterocycles. The van der Waals surface area contributed by atoms with Gasteiger partial charge in [-0.05, 0) is 6.42 Å². The summed E-state index contributed by atoms with van der Waals surface area (Å²) in [4.78, 5) is 11.1. The molecule has 2 aliphatic rings. The van der Waals surface area contributed by atoms with Gasteiger partial charge in [-0.3, -0.25) is 10.1 Å². The number of carbonyl (C=O) groups is 1. The monoisotopic (exact) mass is 207 g/mol. The first-order valence-electron chi connectivity index (χ1n) is 4.26. The van der Waals surface area contributed by atoms with Crippen molar-refractivity contribution in [3.63, 3.8) is 0 Å². The minimum absolute atomic E-state index is 0. The van der Waals surface area contributed by atoms with E-state index in [1.807, 2.05) is 0 Å². The van der Waals surface area contributed by atoms with Crippen molar-refractivity contribution in [1.82, 2.24) is 5.32 Å². The minimum atomic E-state index is -0.173. The highest BCUT2D eigenvalue weighted by atomic mass is 35.5. The zero-order valence-corrected chi connectivity index (χ0v) is 8.30. The molecule has 0 aromatic rings. The number of hydrogen-bond donors (Lipinski definition) is 1. The fourth-order valence-electron chi connectivity index (χ4n) is 1.94. The summed E-state index contributed by atoms with van der Waals surface area (Å²) >= 11 is 0. The molecule has 2 heterocycles. The van der Waals surface area contributed by atoms with Crippen LogP contribution in [0.1, 0.15) is 12.8 Å². The number of halogens is 1. The van der Waals surface area contributed by atoms with Gasteiger partial charge in [0, 0.05) is 19.1 Å². The fraction of sp³-hybridized carbons (Fsp3) is 0.875. The first kappa shape index (κ1) is 10.8. The summed E-state index contributed by atoms with van der Waals surface area (Å²) in [6, 6.07) is 0.222. The van der Waals surface area contributed by atoms with E-state index in [9.17, 15) is 4.79 Å². The van der Waals surface area contributed by atoms with Crippen molar-refractivity contribution in [2.45, 2.75) is 31.0 Å². The van der Waals surface area contributed by atoms with E-state index in [2.05, 4.69) is 10.1 Å². The summed E-state index contributed by atoms with van der Waals surface area (Å²) in [7, 11) is 1.42. The van der Waals surface area contributed by atoms with Gasteiger partial charge in [-0.15, -0.1) is 12.4 Å². The Labute approximate surface area is 83.4 Å². The Hall–Kier alpha value is -0.320. The molecule has 13 heavy (non-hydrogen) atoms. The van der Waals surface area contributed by atoms with Crippen LogP contribution in [-0.4, -0.2) is 37.9 Å². The van der Waals surface area contributed by atoms with Gasteiger partial charge in [0.25, 0.3) is 0 Å². The number of hydrogen-bond acceptors (Lipinski definition) is 4. The maximum atomic E-state index is 11.1. The summed E-state index contributed by atoms with van der Waals surface area (Å²) in [5.41, 5.74) is 0. The quantitative estimate of drug-likeness (QED) is 0.620. The fourth-order valence-corrected chi connectivity index (χ4v) is 1.94. The SMILES string of the molecule is COC(=O)[C@@H]1C[C@@H]2OCC[C@@H]2N1.Cl. The van der Waals surface area contributed by atoms with E-state index >= 15 is 0 Å². The molecule has 0 spiro atoms. The largest absolute Gasteiger partial charge is 0.468 e. The van der Waals surface area contributed by atoms with Gasteiger partial charge in [-0.25, -0.2) is 0 Å². The van der Waals surface area contributed by atoms with Gasteiger partial charge >= 0.3 is 5.97 Å². The van der Waals surface area contributed by atoms with Crippen LogP contribution in [-0.2, 0) is 14.3 Å². The second-order valence-electron chi connectivity index (χ2n) is 3.28. The predicted molar refractivity (Wildman–Crippen MR) is 48.9 cm³/mol. The summed E-state index contributed by atoms with van der Waals surface area (Å²) in [5.74, 6) is -0.173. The van der Waals surface area contributed by atoms with Crippen molar-refractivity contribution in [1.29, 1.82) is 0 Å². The van der Waals surface area contributed by atoms with Crippen LogP contribution in [0.2, 0.25) is 0 Å². The van der Waals surface area contributed by atoms with Crippen LogP contribution in [0.3, 0.4) is 0 Å². The average Bonchev–Trinajstić information content (AvgIpc) is 2.60. The molecule has 3 atom stereocenters. The van der Waals surface area contributed by atoms with E-state index in [0.717, 1.165) is 19.4 Å². The van der Waals surface area contributed by atoms with Gasteiger partial charge in [0.05, 0.1) is 13.2 Å². The van der Waals surface area contributed by atoms with Crippen LogP contribution in [0.15, 0.2) is 0 Å². The van der Waals surface area contributed by atoms with Crippen molar-refractivity contribution in [2.24, 2.45) is 0 Å². The van der Waals surface area contributed by atoms with Gasteiger partial charge < -0.3 is 9.47 Å². The van der Waals surface area contributed by atoms with Gasteiger partial charge in [0.2, 0.25) is 0 Å². The lowest BCUT2D eigenvalue weighted by atomic mass is 10.1. The molecule has 0 unspecified atom stereocenters. The lowest BCUT2D eigenvalue weighted by molar-refractivity contribution is -0.143. The number of rotatable bonds is 1. The van der Waals surface area contributed by atoms with E-state index in [0.29, 0.717) is 6.04 Å². The lowest BCUT2D eigenvalue weighted by Gasteiger charge is -2.08. The molecular formula is C8H14ClNO3. The third kappa shape index (κ3) is 1.95. The Morgan fingerprint density at radius 3 is 3.00 bits per heavy atom. The smallest absolute Gasteiger partial charge is 0.322 e. The van der Waals surface area contributed by atoms with E-state index in [1.165, 1.54) is 7.11 Å². The van der Waals surface area contributed by atoms with Crippen molar-refractivity contribution in [3.8, 4) is 0 Å². The molecular weight excluding hydrogens is 194 g/mol. The molecule has 4 nitrogen and oxygen atoms in total. The van der Waals surface area contributed by atoms with Crippen LogP contribution < -0.4 is 5.32 Å². The van der Waals surface area contributed by atoms with Crippen molar-refractivity contribution < 1.29 is 14.3 Å². The number of methoxy groups -OCH3 is 1. The Balaban J connectivity index is 0.000000845. The highest BCUT2D eigenvalue weighted by molar-refractivity contribution is 5.85. The average molecular weight is 208 g/mol. The first-order chi connectivity index (χ1) is 5.81. The Kier molecular flexibility index (Phi) is 3.53. The Morgan fingerprint density at radius 1 is 1.62 bits per heavy atom. The zero-order chi connectivity index (χ0) is 8.55. The van der Waals surface area contributed by atoms with E-state index < -0.39 is 0 Å². The molecule has 0 amide bonds. The third-order valence-corrected chi connectivity index (χ3v) is 2.58. The van der Waals surface area contributed by atoms with Gasteiger partial charge in [0.15, 0.2) is 0 Å². The van der Waals surface area contributed by atoms with Crippen LogP contribution in [0.25, 0.3) is 0 Å². The molecule has 2 saturated heterocycles. The maximum Gasteiger partial charge on any atom is 0.322 e. The molecule has 0 saturated carbocycles. The number of nitrogens with one attached hydrogen (secondary N) is 1.